The normalized spacial score (nSPS) is 16.5. The average molecular weight is 300 g/mol. The van der Waals surface area contributed by atoms with Gasteiger partial charge in [-0.2, -0.15) is 0 Å². The maximum atomic E-state index is 10.2. The number of rotatable bonds is 4. The van der Waals surface area contributed by atoms with Gasteiger partial charge in [0.2, 0.25) is 0 Å². The van der Waals surface area contributed by atoms with Crippen LogP contribution in [-0.4, -0.2) is 25.9 Å². The quantitative estimate of drug-likeness (QED) is 0.907. The fourth-order valence-electron chi connectivity index (χ4n) is 3.11. The Hall–Kier alpha value is -2.40. The minimum Gasteiger partial charge on any atom is -0.506 e. The average Bonchev–Trinajstić information content (AvgIpc) is 2.92. The van der Waals surface area contributed by atoms with Crippen molar-refractivity contribution < 1.29 is 14.6 Å². The smallest absolute Gasteiger partial charge is 0.138 e. The lowest BCUT2D eigenvalue weighted by atomic mass is 10.0. The number of aromatic hydroxyl groups is 1. The van der Waals surface area contributed by atoms with Crippen LogP contribution in [0.3, 0.4) is 0 Å². The molecule has 0 saturated heterocycles. The summed E-state index contributed by atoms with van der Waals surface area (Å²) in [5, 5.41) is 10.2. The van der Waals surface area contributed by atoms with Gasteiger partial charge in [0.1, 0.15) is 17.2 Å². The van der Waals surface area contributed by atoms with Crippen LogP contribution in [0.4, 0.5) is 5.69 Å². The number of benzene rings is 2. The van der Waals surface area contributed by atoms with Crippen molar-refractivity contribution in [1.29, 1.82) is 0 Å². The van der Waals surface area contributed by atoms with E-state index in [2.05, 4.69) is 4.90 Å². The molecule has 0 saturated carbocycles. The highest BCUT2D eigenvalue weighted by molar-refractivity contribution is 5.65. The number of fused-ring (bicyclic) bond motifs is 1. The number of para-hydroxylation sites is 2. The molecule has 1 aliphatic heterocycles. The van der Waals surface area contributed by atoms with Gasteiger partial charge in [-0.15, -0.1) is 0 Å². The molecule has 0 aromatic heterocycles. The van der Waals surface area contributed by atoms with Crippen molar-refractivity contribution in [2.45, 2.75) is 12.6 Å². The Bertz CT molecular complexity index is 688. The second-order valence-electron chi connectivity index (χ2n) is 5.27. The number of hydrogen-bond donors (Lipinski definition) is 2. The molecule has 1 heterocycles. The Labute approximate surface area is 129 Å². The Balaban J connectivity index is 2.10. The van der Waals surface area contributed by atoms with Gasteiger partial charge in [-0.05, 0) is 23.8 Å². The molecule has 5 nitrogen and oxygen atoms in total. The highest BCUT2D eigenvalue weighted by Crippen LogP contribution is 2.45. The monoisotopic (exact) mass is 300 g/mol. The summed E-state index contributed by atoms with van der Waals surface area (Å²) in [5.74, 6) is 1.77. The van der Waals surface area contributed by atoms with Crippen molar-refractivity contribution >= 4 is 5.69 Å². The van der Waals surface area contributed by atoms with Crippen molar-refractivity contribution in [1.82, 2.24) is 0 Å². The summed E-state index contributed by atoms with van der Waals surface area (Å²) in [6.45, 7) is 1.09. The largest absolute Gasteiger partial charge is 0.506 e. The van der Waals surface area contributed by atoms with Crippen LogP contribution < -0.4 is 20.1 Å². The SMILES string of the molecule is COc1cc2c(c(OC)c1)C(CN)N(c1ccccc1O)C2. The third-order valence-corrected chi connectivity index (χ3v) is 4.12. The third kappa shape index (κ3) is 2.23. The molecule has 2 aromatic rings. The van der Waals surface area contributed by atoms with Crippen molar-refractivity contribution in [3.05, 3.63) is 47.5 Å². The minimum atomic E-state index is -0.0378. The molecule has 3 N–H and O–H groups in total. The van der Waals surface area contributed by atoms with E-state index in [1.807, 2.05) is 30.3 Å². The Morgan fingerprint density at radius 3 is 2.64 bits per heavy atom. The van der Waals surface area contributed by atoms with Crippen molar-refractivity contribution in [3.63, 3.8) is 0 Å². The number of hydrogen-bond acceptors (Lipinski definition) is 5. The van der Waals surface area contributed by atoms with Crippen molar-refractivity contribution in [3.8, 4) is 17.2 Å². The number of ether oxygens (including phenoxy) is 2. The molecule has 0 amide bonds. The first kappa shape index (κ1) is 14.5. The molecule has 0 fully saturated rings. The van der Waals surface area contributed by atoms with Crippen LogP contribution in [0.5, 0.6) is 17.2 Å². The molecule has 22 heavy (non-hydrogen) atoms. The van der Waals surface area contributed by atoms with E-state index in [0.29, 0.717) is 13.1 Å². The van der Waals surface area contributed by atoms with Gasteiger partial charge in [-0.3, -0.25) is 0 Å². The molecule has 0 aliphatic carbocycles. The summed E-state index contributed by atoms with van der Waals surface area (Å²) in [6, 6.07) is 11.1. The standard InChI is InChI=1S/C17H20N2O3/c1-21-12-7-11-10-19(13-5-3-4-6-15(13)20)14(9-18)17(11)16(8-12)22-2/h3-8,14,20H,9-10,18H2,1-2H3. The number of methoxy groups -OCH3 is 2. The summed E-state index contributed by atoms with van der Waals surface area (Å²) in [4.78, 5) is 2.10. The van der Waals surface area contributed by atoms with Crippen molar-refractivity contribution in [2.75, 3.05) is 25.7 Å². The second-order valence-corrected chi connectivity index (χ2v) is 5.27. The maximum Gasteiger partial charge on any atom is 0.138 e. The van der Waals surface area contributed by atoms with Gasteiger partial charge in [-0.1, -0.05) is 12.1 Å². The molecule has 0 radical (unpaired) electrons. The number of phenolic OH excluding ortho intramolecular Hbond substituents is 1. The molecule has 1 atom stereocenters. The number of nitrogens with two attached hydrogens (primary N) is 1. The van der Waals surface area contributed by atoms with E-state index in [-0.39, 0.29) is 11.8 Å². The summed E-state index contributed by atoms with van der Waals surface area (Å²) in [5.41, 5.74) is 8.95. The molecular weight excluding hydrogens is 280 g/mol. The highest BCUT2D eigenvalue weighted by atomic mass is 16.5. The summed E-state index contributed by atoms with van der Waals surface area (Å²) in [6.07, 6.45) is 0. The first-order valence-corrected chi connectivity index (χ1v) is 7.19. The van der Waals surface area contributed by atoms with Crippen LogP contribution in [-0.2, 0) is 6.54 Å². The lowest BCUT2D eigenvalue weighted by molar-refractivity contribution is 0.389. The zero-order valence-corrected chi connectivity index (χ0v) is 12.7. The Kier molecular flexibility index (Phi) is 3.81. The minimum absolute atomic E-state index is 0.0378. The third-order valence-electron chi connectivity index (χ3n) is 4.12. The lowest BCUT2D eigenvalue weighted by Gasteiger charge is -2.27. The lowest BCUT2D eigenvalue weighted by Crippen LogP contribution is -2.27. The topological polar surface area (TPSA) is 68.0 Å². The Morgan fingerprint density at radius 1 is 1.23 bits per heavy atom. The van der Waals surface area contributed by atoms with Crippen LogP contribution in [0, 0.1) is 0 Å². The number of nitrogens with zero attached hydrogens (tertiary/aromatic N) is 1. The van der Waals surface area contributed by atoms with Gasteiger partial charge in [0.15, 0.2) is 0 Å². The predicted octanol–water partition coefficient (Wildman–Crippen LogP) is 2.43. The summed E-state index contributed by atoms with van der Waals surface area (Å²) in [7, 11) is 3.28. The molecule has 3 rings (SSSR count). The summed E-state index contributed by atoms with van der Waals surface area (Å²) >= 11 is 0. The van der Waals surface area contributed by atoms with E-state index in [1.165, 1.54) is 0 Å². The van der Waals surface area contributed by atoms with Crippen molar-refractivity contribution in [2.24, 2.45) is 5.73 Å². The van der Waals surface area contributed by atoms with Gasteiger partial charge in [-0.25, -0.2) is 0 Å². The molecule has 1 aliphatic rings. The molecule has 0 spiro atoms. The number of anilines is 1. The zero-order valence-electron chi connectivity index (χ0n) is 12.7. The van der Waals surface area contributed by atoms with E-state index in [1.54, 1.807) is 20.3 Å². The van der Waals surface area contributed by atoms with Gasteiger partial charge >= 0.3 is 0 Å². The second kappa shape index (κ2) is 5.77. The molecule has 116 valence electrons. The van der Waals surface area contributed by atoms with E-state index >= 15 is 0 Å². The van der Waals surface area contributed by atoms with Gasteiger partial charge < -0.3 is 25.2 Å². The van der Waals surface area contributed by atoms with Crippen LogP contribution >= 0.6 is 0 Å². The zero-order chi connectivity index (χ0) is 15.7. The summed E-state index contributed by atoms with van der Waals surface area (Å²) < 4.78 is 10.9. The van der Waals surface area contributed by atoms with Crippen LogP contribution in [0.1, 0.15) is 17.2 Å². The number of phenols is 1. The molecular formula is C17H20N2O3. The molecule has 5 heteroatoms. The van der Waals surface area contributed by atoms with Gasteiger partial charge in [0.25, 0.3) is 0 Å². The fraction of sp³-hybridized carbons (Fsp3) is 0.294. The van der Waals surface area contributed by atoms with E-state index in [0.717, 1.165) is 28.3 Å². The van der Waals surface area contributed by atoms with Crippen LogP contribution in [0.2, 0.25) is 0 Å². The van der Waals surface area contributed by atoms with Crippen LogP contribution in [0.25, 0.3) is 0 Å². The molecule has 1 unspecified atom stereocenters. The first-order valence-electron chi connectivity index (χ1n) is 7.19. The van der Waals surface area contributed by atoms with E-state index in [4.69, 9.17) is 15.2 Å². The Morgan fingerprint density at radius 2 is 2.00 bits per heavy atom. The van der Waals surface area contributed by atoms with Gasteiger partial charge in [0.05, 0.1) is 25.9 Å². The predicted molar refractivity (Wildman–Crippen MR) is 85.6 cm³/mol. The molecule has 2 aromatic carbocycles. The van der Waals surface area contributed by atoms with E-state index in [9.17, 15) is 5.11 Å². The maximum absolute atomic E-state index is 10.2. The fourth-order valence-corrected chi connectivity index (χ4v) is 3.11. The van der Waals surface area contributed by atoms with Gasteiger partial charge in [0, 0.05) is 24.7 Å². The first-order chi connectivity index (χ1) is 10.7. The van der Waals surface area contributed by atoms with E-state index < -0.39 is 0 Å². The highest BCUT2D eigenvalue weighted by Gasteiger charge is 2.34. The molecule has 0 bridgehead atoms. The van der Waals surface area contributed by atoms with Crippen LogP contribution in [0.15, 0.2) is 36.4 Å².